The topological polar surface area (TPSA) is 105 Å². The van der Waals surface area contributed by atoms with E-state index in [1.54, 1.807) is 6.20 Å². The molecular weight excluding hydrogens is 358 g/mol. The Labute approximate surface area is 159 Å². The molecule has 4 aromatic rings. The van der Waals surface area contributed by atoms with E-state index in [-0.39, 0.29) is 12.3 Å². The van der Waals surface area contributed by atoms with Crippen LogP contribution in [0.4, 0.5) is 5.82 Å². The molecule has 3 N–H and O–H groups in total. The highest BCUT2D eigenvalue weighted by atomic mass is 16.6. The average Bonchev–Trinajstić information content (AvgIpc) is 3.38. The van der Waals surface area contributed by atoms with Gasteiger partial charge in [0.1, 0.15) is 13.2 Å². The fourth-order valence-corrected chi connectivity index (χ4v) is 3.26. The average molecular weight is 375 g/mol. The minimum absolute atomic E-state index is 0.150. The van der Waals surface area contributed by atoms with E-state index >= 15 is 0 Å². The molecule has 140 valence electrons. The van der Waals surface area contributed by atoms with Crippen molar-refractivity contribution in [1.82, 2.24) is 20.4 Å². The number of nitrogens with zero attached hydrogens (tertiary/aromatic N) is 2. The van der Waals surface area contributed by atoms with Crippen LogP contribution in [0.3, 0.4) is 0 Å². The highest BCUT2D eigenvalue weighted by Crippen LogP contribution is 2.31. The predicted octanol–water partition coefficient (Wildman–Crippen LogP) is 2.91. The highest BCUT2D eigenvalue weighted by Gasteiger charge is 2.15. The number of nitrogens with one attached hydrogen (secondary N) is 3. The van der Waals surface area contributed by atoms with Crippen LogP contribution in [0.2, 0.25) is 0 Å². The molecule has 1 amide bonds. The van der Waals surface area contributed by atoms with Crippen molar-refractivity contribution in [2.24, 2.45) is 0 Å². The van der Waals surface area contributed by atoms with Crippen molar-refractivity contribution < 1.29 is 14.3 Å². The first-order valence-corrected chi connectivity index (χ1v) is 8.92. The van der Waals surface area contributed by atoms with Gasteiger partial charge in [-0.1, -0.05) is 12.1 Å². The molecule has 8 heteroatoms. The lowest BCUT2D eigenvalue weighted by atomic mass is 10.1. The monoisotopic (exact) mass is 375 g/mol. The molecule has 0 aliphatic carbocycles. The second-order valence-electron chi connectivity index (χ2n) is 6.51. The maximum absolute atomic E-state index is 12.5. The molecule has 0 spiro atoms. The number of anilines is 1. The van der Waals surface area contributed by atoms with E-state index in [2.05, 4.69) is 25.7 Å². The lowest BCUT2D eigenvalue weighted by Gasteiger charge is -2.18. The lowest BCUT2D eigenvalue weighted by molar-refractivity contribution is -0.115. The number of carbonyl (C=O) groups is 1. The zero-order valence-corrected chi connectivity index (χ0v) is 14.9. The summed E-state index contributed by atoms with van der Waals surface area (Å²) in [5, 5.41) is 17.8. The molecule has 8 nitrogen and oxygen atoms in total. The number of rotatable bonds is 4. The van der Waals surface area contributed by atoms with E-state index in [9.17, 15) is 4.79 Å². The van der Waals surface area contributed by atoms with E-state index in [0.29, 0.717) is 30.5 Å². The smallest absolute Gasteiger partial charge is 0.230 e. The van der Waals surface area contributed by atoms with Crippen LogP contribution < -0.4 is 14.8 Å². The maximum atomic E-state index is 12.5. The van der Waals surface area contributed by atoms with Crippen molar-refractivity contribution >= 4 is 22.6 Å². The normalized spacial score (nSPS) is 12.9. The van der Waals surface area contributed by atoms with Crippen molar-refractivity contribution in [3.63, 3.8) is 0 Å². The van der Waals surface area contributed by atoms with E-state index < -0.39 is 0 Å². The van der Waals surface area contributed by atoms with Crippen molar-refractivity contribution in [1.29, 1.82) is 0 Å². The quantitative estimate of drug-likeness (QED) is 0.509. The third-order valence-electron chi connectivity index (χ3n) is 4.60. The Morgan fingerprint density at radius 1 is 1.04 bits per heavy atom. The summed E-state index contributed by atoms with van der Waals surface area (Å²) in [7, 11) is 0. The summed E-state index contributed by atoms with van der Waals surface area (Å²) < 4.78 is 11.1. The number of aromatic amines is 2. The van der Waals surface area contributed by atoms with Gasteiger partial charge in [-0.15, -0.1) is 0 Å². The molecule has 1 aliphatic rings. The number of H-pyrrole nitrogens is 2. The Bertz CT molecular complexity index is 1150. The second kappa shape index (κ2) is 6.73. The van der Waals surface area contributed by atoms with Gasteiger partial charge in [0.05, 0.1) is 17.6 Å². The van der Waals surface area contributed by atoms with Crippen molar-refractivity contribution in [3.05, 3.63) is 54.2 Å². The number of benzene rings is 2. The Balaban J connectivity index is 1.33. The molecule has 0 saturated heterocycles. The van der Waals surface area contributed by atoms with Crippen molar-refractivity contribution in [2.75, 3.05) is 18.5 Å². The molecule has 0 fully saturated rings. The largest absolute Gasteiger partial charge is 0.486 e. The fourth-order valence-electron chi connectivity index (χ4n) is 3.26. The van der Waals surface area contributed by atoms with E-state index in [1.165, 1.54) is 0 Å². The first-order valence-electron chi connectivity index (χ1n) is 8.92. The van der Waals surface area contributed by atoms with E-state index in [0.717, 1.165) is 27.7 Å². The molecule has 3 heterocycles. The number of ether oxygens (including phenoxy) is 2. The van der Waals surface area contributed by atoms with Crippen LogP contribution in [0.1, 0.15) is 5.56 Å². The standard InChI is InChI=1S/C20H17N5O3/c26-19(10-12-1-4-17-18(9-12)28-8-7-27-17)22-20-14-3-2-13(11-16(14)24-25-20)15-5-6-21-23-15/h1-6,9,11H,7-8,10H2,(H,21,23)(H2,22,24,25,26). The predicted molar refractivity (Wildman–Crippen MR) is 103 cm³/mol. The molecule has 0 bridgehead atoms. The van der Waals surface area contributed by atoms with Crippen molar-refractivity contribution in [3.8, 4) is 22.8 Å². The van der Waals surface area contributed by atoms with Crippen LogP contribution in [-0.2, 0) is 11.2 Å². The third kappa shape index (κ3) is 3.05. The SMILES string of the molecule is O=C(Cc1ccc2c(c1)OCCO2)Nc1n[nH]c2cc(-c3ccn[nH]3)ccc12. The summed E-state index contributed by atoms with van der Waals surface area (Å²) in [4.78, 5) is 12.5. The minimum atomic E-state index is -0.150. The van der Waals surface area contributed by atoms with Crippen LogP contribution in [0, 0.1) is 0 Å². The number of carbonyl (C=O) groups excluding carboxylic acids is 1. The van der Waals surface area contributed by atoms with Gasteiger partial charge in [0.15, 0.2) is 17.3 Å². The molecule has 2 aromatic heterocycles. The Kier molecular flexibility index (Phi) is 3.93. The number of amides is 1. The van der Waals surface area contributed by atoms with Gasteiger partial charge in [-0.05, 0) is 35.9 Å². The number of fused-ring (bicyclic) bond motifs is 2. The Morgan fingerprint density at radius 3 is 2.79 bits per heavy atom. The first kappa shape index (κ1) is 16.4. The zero-order valence-electron chi connectivity index (χ0n) is 14.9. The van der Waals surface area contributed by atoms with Gasteiger partial charge >= 0.3 is 0 Å². The van der Waals surface area contributed by atoms with Gasteiger partial charge in [-0.2, -0.15) is 10.2 Å². The fraction of sp³-hybridized carbons (Fsp3) is 0.150. The van der Waals surface area contributed by atoms with Crippen LogP contribution in [0.15, 0.2) is 48.7 Å². The molecule has 0 unspecified atom stereocenters. The van der Waals surface area contributed by atoms with Gasteiger partial charge < -0.3 is 14.8 Å². The summed E-state index contributed by atoms with van der Waals surface area (Å²) in [5.74, 6) is 1.74. The first-order chi connectivity index (χ1) is 13.8. The Hall–Kier alpha value is -3.81. The molecule has 5 rings (SSSR count). The van der Waals surface area contributed by atoms with Crippen LogP contribution >= 0.6 is 0 Å². The van der Waals surface area contributed by atoms with Gasteiger partial charge in [0.2, 0.25) is 5.91 Å². The molecule has 0 saturated carbocycles. The van der Waals surface area contributed by atoms with Gasteiger partial charge in [0.25, 0.3) is 0 Å². The number of hydrogen-bond acceptors (Lipinski definition) is 5. The maximum Gasteiger partial charge on any atom is 0.230 e. The number of aromatic nitrogens is 4. The molecule has 28 heavy (non-hydrogen) atoms. The van der Waals surface area contributed by atoms with Crippen LogP contribution in [0.25, 0.3) is 22.2 Å². The van der Waals surface area contributed by atoms with Crippen LogP contribution in [-0.4, -0.2) is 39.5 Å². The molecule has 2 aromatic carbocycles. The number of hydrogen-bond donors (Lipinski definition) is 3. The van der Waals surface area contributed by atoms with Gasteiger partial charge in [-0.3, -0.25) is 15.0 Å². The minimum Gasteiger partial charge on any atom is -0.486 e. The van der Waals surface area contributed by atoms with E-state index in [1.807, 2.05) is 42.5 Å². The third-order valence-corrected chi connectivity index (χ3v) is 4.60. The summed E-state index contributed by atoms with van der Waals surface area (Å²) in [6.45, 7) is 1.06. The molecule has 0 radical (unpaired) electrons. The highest BCUT2D eigenvalue weighted by molar-refractivity contribution is 6.01. The summed E-state index contributed by atoms with van der Waals surface area (Å²) >= 11 is 0. The Morgan fingerprint density at radius 2 is 1.93 bits per heavy atom. The van der Waals surface area contributed by atoms with E-state index in [4.69, 9.17) is 9.47 Å². The summed E-state index contributed by atoms with van der Waals surface area (Å²) in [6.07, 6.45) is 1.92. The van der Waals surface area contributed by atoms with Gasteiger partial charge in [0, 0.05) is 17.1 Å². The molecular formula is C20H17N5O3. The summed E-state index contributed by atoms with van der Waals surface area (Å²) in [6, 6.07) is 13.3. The van der Waals surface area contributed by atoms with Crippen molar-refractivity contribution in [2.45, 2.75) is 6.42 Å². The summed E-state index contributed by atoms with van der Waals surface area (Å²) in [5.41, 5.74) is 3.59. The second-order valence-corrected chi connectivity index (χ2v) is 6.51. The molecule has 0 atom stereocenters. The van der Waals surface area contributed by atoms with Gasteiger partial charge in [-0.25, -0.2) is 0 Å². The van der Waals surface area contributed by atoms with Crippen LogP contribution in [0.5, 0.6) is 11.5 Å². The molecule has 1 aliphatic heterocycles. The zero-order chi connectivity index (χ0) is 18.9. The lowest BCUT2D eigenvalue weighted by Crippen LogP contribution is -2.17.